The molecule has 0 spiro atoms. The van der Waals surface area contributed by atoms with Gasteiger partial charge in [-0.15, -0.1) is 11.6 Å². The largest absolute Gasteiger partial charge is 0.508 e. The van der Waals surface area contributed by atoms with E-state index >= 15 is 0 Å². The minimum absolute atomic E-state index is 0.00416. The third kappa shape index (κ3) is 4.15. The van der Waals surface area contributed by atoms with Gasteiger partial charge in [0.15, 0.2) is 0 Å². The van der Waals surface area contributed by atoms with Gasteiger partial charge in [0.1, 0.15) is 11.5 Å². The molecule has 0 aromatic heterocycles. The van der Waals surface area contributed by atoms with Crippen molar-refractivity contribution < 1.29 is 15.0 Å². The van der Waals surface area contributed by atoms with Crippen LogP contribution >= 0.6 is 11.6 Å². The second kappa shape index (κ2) is 6.35. The predicted molar refractivity (Wildman–Crippen MR) is 66.7 cm³/mol. The monoisotopic (exact) mass is 257 g/mol. The minimum atomic E-state index is -0.326. The zero-order valence-corrected chi connectivity index (χ0v) is 10.4. The average Bonchev–Trinajstić information content (AvgIpc) is 2.27. The summed E-state index contributed by atoms with van der Waals surface area (Å²) in [6, 6.07) is 3.79. The Balaban J connectivity index is 2.75. The van der Waals surface area contributed by atoms with Crippen molar-refractivity contribution in [2.45, 2.75) is 25.8 Å². The van der Waals surface area contributed by atoms with Crippen molar-refractivity contribution in [3.8, 4) is 11.5 Å². The fourth-order valence-electron chi connectivity index (χ4n) is 1.51. The van der Waals surface area contributed by atoms with Crippen LogP contribution in [0.3, 0.4) is 0 Å². The van der Waals surface area contributed by atoms with Crippen molar-refractivity contribution in [3.05, 3.63) is 23.8 Å². The molecule has 0 saturated heterocycles. The number of nitrogens with one attached hydrogen (secondary N) is 1. The molecule has 1 amide bonds. The molecule has 5 heteroatoms. The molecule has 0 radical (unpaired) electrons. The Labute approximate surface area is 105 Å². The van der Waals surface area contributed by atoms with Crippen molar-refractivity contribution in [1.82, 2.24) is 5.32 Å². The molecule has 1 aromatic rings. The number of rotatable bonds is 5. The lowest BCUT2D eigenvalue weighted by Crippen LogP contribution is -2.34. The fraction of sp³-hybridized carbons (Fsp3) is 0.417. The first kappa shape index (κ1) is 13.6. The van der Waals surface area contributed by atoms with E-state index in [0.717, 1.165) is 6.42 Å². The fourth-order valence-corrected chi connectivity index (χ4v) is 1.77. The van der Waals surface area contributed by atoms with E-state index in [1.165, 1.54) is 18.2 Å². The average molecular weight is 258 g/mol. The number of hydrogen-bond donors (Lipinski definition) is 3. The van der Waals surface area contributed by atoms with Gasteiger partial charge in [-0.25, -0.2) is 0 Å². The second-order valence-corrected chi connectivity index (χ2v) is 4.17. The van der Waals surface area contributed by atoms with E-state index < -0.39 is 0 Å². The summed E-state index contributed by atoms with van der Waals surface area (Å²) in [7, 11) is 0. The highest BCUT2D eigenvalue weighted by Crippen LogP contribution is 2.20. The van der Waals surface area contributed by atoms with Gasteiger partial charge in [-0.2, -0.15) is 0 Å². The summed E-state index contributed by atoms with van der Waals surface area (Å²) in [6.07, 6.45) is 1.47. The molecule has 1 unspecified atom stereocenters. The molecule has 0 fully saturated rings. The lowest BCUT2D eigenvalue weighted by atomic mass is 10.1. The first-order valence-corrected chi connectivity index (χ1v) is 6.00. The number of benzene rings is 1. The van der Waals surface area contributed by atoms with Crippen LogP contribution in [0, 0.1) is 0 Å². The van der Waals surface area contributed by atoms with Gasteiger partial charge in [-0.1, -0.05) is 6.92 Å². The molecule has 1 aromatic carbocycles. The Morgan fingerprint density at radius 2 is 1.94 bits per heavy atom. The van der Waals surface area contributed by atoms with E-state index in [0.29, 0.717) is 12.3 Å². The van der Waals surface area contributed by atoms with Crippen molar-refractivity contribution in [2.75, 3.05) is 5.88 Å². The molecule has 3 N–H and O–H groups in total. The van der Waals surface area contributed by atoms with Crippen LogP contribution in [0.5, 0.6) is 11.5 Å². The molecule has 0 aliphatic rings. The smallest absolute Gasteiger partial charge is 0.251 e. The van der Waals surface area contributed by atoms with E-state index in [9.17, 15) is 15.0 Å². The first-order chi connectivity index (χ1) is 8.06. The normalized spacial score (nSPS) is 12.1. The molecule has 0 aliphatic carbocycles. The molecule has 1 atom stereocenters. The molecular weight excluding hydrogens is 242 g/mol. The third-order valence-electron chi connectivity index (χ3n) is 2.45. The highest BCUT2D eigenvalue weighted by molar-refractivity contribution is 6.17. The maximum Gasteiger partial charge on any atom is 0.251 e. The van der Waals surface area contributed by atoms with Crippen LogP contribution in [0.4, 0.5) is 0 Å². The number of alkyl halides is 1. The van der Waals surface area contributed by atoms with Crippen LogP contribution in [0.2, 0.25) is 0 Å². The van der Waals surface area contributed by atoms with E-state index in [1.807, 2.05) is 6.92 Å². The summed E-state index contributed by atoms with van der Waals surface area (Å²) >= 11 is 5.62. The number of halogens is 1. The van der Waals surface area contributed by atoms with Crippen LogP contribution < -0.4 is 5.32 Å². The van der Waals surface area contributed by atoms with Gasteiger partial charge in [0.2, 0.25) is 0 Å². The van der Waals surface area contributed by atoms with E-state index in [4.69, 9.17) is 11.6 Å². The number of carbonyl (C=O) groups excluding carboxylic acids is 1. The van der Waals surface area contributed by atoms with E-state index in [2.05, 4.69) is 5.32 Å². The molecule has 94 valence electrons. The second-order valence-electron chi connectivity index (χ2n) is 3.79. The van der Waals surface area contributed by atoms with Crippen molar-refractivity contribution in [3.63, 3.8) is 0 Å². The van der Waals surface area contributed by atoms with Gasteiger partial charge in [0.05, 0.1) is 0 Å². The Kier molecular flexibility index (Phi) is 5.10. The lowest BCUT2D eigenvalue weighted by Gasteiger charge is -2.15. The molecule has 0 aliphatic heterocycles. The number of aromatic hydroxyl groups is 2. The van der Waals surface area contributed by atoms with Crippen molar-refractivity contribution >= 4 is 17.5 Å². The highest BCUT2D eigenvalue weighted by atomic mass is 35.5. The summed E-state index contributed by atoms with van der Waals surface area (Å²) in [5, 5.41) is 21.3. The SMILES string of the molecule is CCC(CCCl)NC(=O)c1cc(O)cc(O)c1. The molecule has 4 nitrogen and oxygen atoms in total. The predicted octanol–water partition coefficient (Wildman–Crippen LogP) is 2.24. The number of carbonyl (C=O) groups is 1. The van der Waals surface area contributed by atoms with Crippen LogP contribution in [0.1, 0.15) is 30.1 Å². The zero-order chi connectivity index (χ0) is 12.8. The zero-order valence-electron chi connectivity index (χ0n) is 9.61. The minimum Gasteiger partial charge on any atom is -0.508 e. The number of phenols is 2. The van der Waals surface area contributed by atoms with Gasteiger partial charge in [0.25, 0.3) is 5.91 Å². The van der Waals surface area contributed by atoms with Gasteiger partial charge in [-0.05, 0) is 25.0 Å². The van der Waals surface area contributed by atoms with Gasteiger partial charge in [-0.3, -0.25) is 4.79 Å². The summed E-state index contributed by atoms with van der Waals surface area (Å²) in [5.74, 6) is -0.126. The van der Waals surface area contributed by atoms with Crippen LogP contribution in [-0.4, -0.2) is 28.0 Å². The third-order valence-corrected chi connectivity index (χ3v) is 2.67. The molecule has 17 heavy (non-hydrogen) atoms. The molecular formula is C12H16ClNO3. The highest BCUT2D eigenvalue weighted by Gasteiger charge is 2.13. The molecule has 1 rings (SSSR count). The molecule has 0 heterocycles. The Morgan fingerprint density at radius 1 is 1.35 bits per heavy atom. The summed E-state index contributed by atoms with van der Waals surface area (Å²) in [5.41, 5.74) is 0.232. The van der Waals surface area contributed by atoms with Gasteiger partial charge >= 0.3 is 0 Å². The summed E-state index contributed by atoms with van der Waals surface area (Å²) < 4.78 is 0. The maximum absolute atomic E-state index is 11.8. The van der Waals surface area contributed by atoms with Gasteiger partial charge in [0, 0.05) is 23.6 Å². The topological polar surface area (TPSA) is 69.6 Å². The summed E-state index contributed by atoms with van der Waals surface area (Å²) in [6.45, 7) is 1.96. The standard InChI is InChI=1S/C12H16ClNO3/c1-2-9(3-4-13)14-12(17)8-5-10(15)7-11(16)6-8/h5-7,9,15-16H,2-4H2,1H3,(H,14,17). The lowest BCUT2D eigenvalue weighted by molar-refractivity contribution is 0.0934. The quantitative estimate of drug-likeness (QED) is 0.709. The number of phenolic OH excluding ortho intramolecular Hbond substituents is 2. The van der Waals surface area contributed by atoms with Crippen molar-refractivity contribution in [2.24, 2.45) is 0 Å². The Morgan fingerprint density at radius 3 is 2.41 bits per heavy atom. The first-order valence-electron chi connectivity index (χ1n) is 5.46. The van der Waals surface area contributed by atoms with Crippen LogP contribution in [0.25, 0.3) is 0 Å². The van der Waals surface area contributed by atoms with E-state index in [-0.39, 0.29) is 29.0 Å². The molecule has 0 bridgehead atoms. The Bertz CT molecular complexity index is 375. The van der Waals surface area contributed by atoms with E-state index in [1.54, 1.807) is 0 Å². The van der Waals surface area contributed by atoms with Crippen LogP contribution in [0.15, 0.2) is 18.2 Å². The van der Waals surface area contributed by atoms with Crippen molar-refractivity contribution in [1.29, 1.82) is 0 Å². The maximum atomic E-state index is 11.8. The van der Waals surface area contributed by atoms with Crippen LogP contribution in [-0.2, 0) is 0 Å². The Hall–Kier alpha value is -1.42. The number of amides is 1. The summed E-state index contributed by atoms with van der Waals surface area (Å²) in [4.78, 5) is 11.8. The molecule has 0 saturated carbocycles. The van der Waals surface area contributed by atoms with Gasteiger partial charge < -0.3 is 15.5 Å². The number of hydrogen-bond acceptors (Lipinski definition) is 3.